The molecule has 0 atom stereocenters. The summed E-state index contributed by atoms with van der Waals surface area (Å²) < 4.78 is 2.20. The fraction of sp³-hybridized carbons (Fsp3) is 0.429. The first kappa shape index (κ1) is 15.1. The molecule has 112 valence electrons. The van der Waals surface area contributed by atoms with Crippen molar-refractivity contribution in [3.05, 3.63) is 52.4 Å². The van der Waals surface area contributed by atoms with Gasteiger partial charge in [-0.15, -0.1) is 11.3 Å². The van der Waals surface area contributed by atoms with E-state index in [-0.39, 0.29) is 23.2 Å². The SMILES string of the molecule is O=c1[nH]c(Cl)c(C2CCCC2)c(=O)n1Cc1cc(Br)cs1. The van der Waals surface area contributed by atoms with Gasteiger partial charge in [-0.1, -0.05) is 24.4 Å². The first-order valence-electron chi connectivity index (χ1n) is 6.81. The van der Waals surface area contributed by atoms with E-state index in [9.17, 15) is 9.59 Å². The Morgan fingerprint density at radius 2 is 2.10 bits per heavy atom. The Morgan fingerprint density at radius 3 is 2.71 bits per heavy atom. The molecule has 1 aliphatic rings. The van der Waals surface area contributed by atoms with Crippen LogP contribution >= 0.6 is 38.9 Å². The zero-order valence-corrected chi connectivity index (χ0v) is 14.4. The van der Waals surface area contributed by atoms with E-state index in [2.05, 4.69) is 20.9 Å². The van der Waals surface area contributed by atoms with Gasteiger partial charge in [-0.3, -0.25) is 14.3 Å². The van der Waals surface area contributed by atoms with E-state index >= 15 is 0 Å². The maximum Gasteiger partial charge on any atom is 0.329 e. The van der Waals surface area contributed by atoms with Crippen LogP contribution in [0.3, 0.4) is 0 Å². The molecule has 2 heterocycles. The van der Waals surface area contributed by atoms with E-state index in [1.165, 1.54) is 15.9 Å². The molecule has 0 spiro atoms. The highest BCUT2D eigenvalue weighted by Gasteiger charge is 2.25. The van der Waals surface area contributed by atoms with Crippen molar-refractivity contribution in [2.45, 2.75) is 38.1 Å². The van der Waals surface area contributed by atoms with Crippen LogP contribution in [0.15, 0.2) is 25.5 Å². The van der Waals surface area contributed by atoms with Crippen LogP contribution in [-0.4, -0.2) is 9.55 Å². The molecule has 4 nitrogen and oxygen atoms in total. The second kappa shape index (κ2) is 6.10. The summed E-state index contributed by atoms with van der Waals surface area (Å²) in [7, 11) is 0. The van der Waals surface area contributed by atoms with Gasteiger partial charge in [0, 0.05) is 14.7 Å². The number of halogens is 2. The van der Waals surface area contributed by atoms with Crippen LogP contribution in [-0.2, 0) is 6.54 Å². The zero-order valence-electron chi connectivity index (χ0n) is 11.2. The zero-order chi connectivity index (χ0) is 15.0. The summed E-state index contributed by atoms with van der Waals surface area (Å²) in [5.41, 5.74) is -0.124. The van der Waals surface area contributed by atoms with E-state index < -0.39 is 5.69 Å². The molecule has 1 aliphatic carbocycles. The molecule has 0 aliphatic heterocycles. The smallest absolute Gasteiger partial charge is 0.297 e. The first-order chi connectivity index (χ1) is 10.1. The molecule has 0 unspecified atom stereocenters. The van der Waals surface area contributed by atoms with Crippen molar-refractivity contribution in [1.82, 2.24) is 9.55 Å². The monoisotopic (exact) mass is 388 g/mol. The van der Waals surface area contributed by atoms with Gasteiger partial charge in [0.25, 0.3) is 5.56 Å². The maximum atomic E-state index is 12.7. The van der Waals surface area contributed by atoms with Crippen molar-refractivity contribution in [3.8, 4) is 0 Å². The minimum Gasteiger partial charge on any atom is -0.297 e. The maximum absolute atomic E-state index is 12.7. The van der Waals surface area contributed by atoms with Gasteiger partial charge in [-0.05, 0) is 40.8 Å². The number of thiophene rings is 1. The normalized spacial score (nSPS) is 15.7. The third-order valence-electron chi connectivity index (χ3n) is 3.87. The van der Waals surface area contributed by atoms with Gasteiger partial charge in [-0.2, -0.15) is 0 Å². The lowest BCUT2D eigenvalue weighted by molar-refractivity contribution is 0.644. The van der Waals surface area contributed by atoms with Crippen molar-refractivity contribution in [2.75, 3.05) is 0 Å². The number of aromatic nitrogens is 2. The largest absolute Gasteiger partial charge is 0.329 e. The lowest BCUT2D eigenvalue weighted by Crippen LogP contribution is -2.38. The second-order valence-corrected chi connectivity index (χ2v) is 7.55. The molecule has 0 saturated heterocycles. The molecule has 0 aromatic carbocycles. The Bertz CT molecular complexity index is 774. The molecule has 1 N–H and O–H groups in total. The summed E-state index contributed by atoms with van der Waals surface area (Å²) in [6, 6.07) is 1.92. The van der Waals surface area contributed by atoms with Crippen LogP contribution in [0.5, 0.6) is 0 Å². The van der Waals surface area contributed by atoms with Gasteiger partial charge < -0.3 is 0 Å². The number of hydrogen-bond donors (Lipinski definition) is 1. The van der Waals surface area contributed by atoms with E-state index in [1.54, 1.807) is 0 Å². The van der Waals surface area contributed by atoms with Gasteiger partial charge in [0.05, 0.1) is 12.1 Å². The molecule has 0 bridgehead atoms. The van der Waals surface area contributed by atoms with Gasteiger partial charge in [0.15, 0.2) is 0 Å². The second-order valence-electron chi connectivity index (χ2n) is 5.26. The minimum atomic E-state index is -0.448. The Balaban J connectivity index is 2.05. The molecule has 3 rings (SSSR count). The lowest BCUT2D eigenvalue weighted by Gasteiger charge is -2.13. The van der Waals surface area contributed by atoms with Crippen molar-refractivity contribution in [1.29, 1.82) is 0 Å². The number of aromatic amines is 1. The van der Waals surface area contributed by atoms with Crippen molar-refractivity contribution in [2.24, 2.45) is 0 Å². The molecule has 0 radical (unpaired) electrons. The topological polar surface area (TPSA) is 54.9 Å². The standard InChI is InChI=1S/C14H14BrClN2O2S/c15-9-5-10(21-7-9)6-18-13(19)11(8-3-1-2-4-8)12(16)17-14(18)20/h5,7-8H,1-4,6H2,(H,17,20). The summed E-state index contributed by atoms with van der Waals surface area (Å²) in [5, 5.41) is 2.14. The third-order valence-corrected chi connectivity index (χ3v) is 5.85. The summed E-state index contributed by atoms with van der Waals surface area (Å²) in [5.74, 6) is 0.170. The molecule has 2 aromatic rings. The Labute approximate surface area is 138 Å². The molecule has 1 fully saturated rings. The fourth-order valence-corrected chi connectivity index (χ4v) is 4.62. The van der Waals surface area contributed by atoms with Crippen LogP contribution in [0.25, 0.3) is 0 Å². The summed E-state index contributed by atoms with van der Waals surface area (Å²) in [4.78, 5) is 28.3. The Hall–Kier alpha value is -0.850. The fourth-order valence-electron chi connectivity index (χ4n) is 2.86. The van der Waals surface area contributed by atoms with Gasteiger partial charge in [-0.25, -0.2) is 4.79 Å². The molecular formula is C14H14BrClN2O2S. The number of H-pyrrole nitrogens is 1. The lowest BCUT2D eigenvalue weighted by atomic mass is 10.0. The molecule has 0 amide bonds. The highest BCUT2D eigenvalue weighted by Crippen LogP contribution is 2.34. The van der Waals surface area contributed by atoms with Gasteiger partial charge >= 0.3 is 5.69 Å². The quantitative estimate of drug-likeness (QED) is 0.813. The van der Waals surface area contributed by atoms with Crippen LogP contribution in [0.2, 0.25) is 5.15 Å². The third kappa shape index (κ3) is 3.03. The highest BCUT2D eigenvalue weighted by molar-refractivity contribution is 9.10. The Kier molecular flexibility index (Phi) is 4.38. The average Bonchev–Trinajstić information content (AvgIpc) is 3.06. The number of hydrogen-bond acceptors (Lipinski definition) is 3. The summed E-state index contributed by atoms with van der Waals surface area (Å²) >= 11 is 11.0. The minimum absolute atomic E-state index is 0.170. The van der Waals surface area contributed by atoms with E-state index in [0.717, 1.165) is 35.0 Å². The molecular weight excluding hydrogens is 376 g/mol. The van der Waals surface area contributed by atoms with Crippen LogP contribution in [0, 0.1) is 0 Å². The molecule has 1 saturated carbocycles. The molecule has 7 heteroatoms. The predicted molar refractivity (Wildman–Crippen MR) is 88.7 cm³/mol. The van der Waals surface area contributed by atoms with Crippen molar-refractivity contribution >= 4 is 38.9 Å². The van der Waals surface area contributed by atoms with Gasteiger partial charge in [0.1, 0.15) is 5.15 Å². The average molecular weight is 390 g/mol. The summed E-state index contributed by atoms with van der Waals surface area (Å²) in [6.07, 6.45) is 4.14. The Morgan fingerprint density at radius 1 is 1.38 bits per heavy atom. The number of rotatable bonds is 3. The van der Waals surface area contributed by atoms with Gasteiger partial charge in [0.2, 0.25) is 0 Å². The predicted octanol–water partition coefficient (Wildman–Crippen LogP) is 3.72. The van der Waals surface area contributed by atoms with Crippen LogP contribution in [0.1, 0.15) is 42.0 Å². The van der Waals surface area contributed by atoms with Crippen molar-refractivity contribution < 1.29 is 0 Å². The molecule has 21 heavy (non-hydrogen) atoms. The highest BCUT2D eigenvalue weighted by atomic mass is 79.9. The summed E-state index contributed by atoms with van der Waals surface area (Å²) in [6.45, 7) is 0.279. The number of nitrogens with one attached hydrogen (secondary N) is 1. The number of nitrogens with zero attached hydrogens (tertiary/aromatic N) is 1. The van der Waals surface area contributed by atoms with Crippen LogP contribution in [0.4, 0.5) is 0 Å². The van der Waals surface area contributed by atoms with E-state index in [4.69, 9.17) is 11.6 Å². The van der Waals surface area contributed by atoms with Crippen molar-refractivity contribution in [3.63, 3.8) is 0 Å². The van der Waals surface area contributed by atoms with E-state index in [0.29, 0.717) is 5.56 Å². The van der Waals surface area contributed by atoms with E-state index in [1.807, 2.05) is 11.4 Å². The first-order valence-corrected chi connectivity index (χ1v) is 8.86. The van der Waals surface area contributed by atoms with Crippen LogP contribution < -0.4 is 11.2 Å². The molecule has 2 aromatic heterocycles.